The van der Waals surface area contributed by atoms with Crippen molar-refractivity contribution in [3.63, 3.8) is 0 Å². The molecule has 2 rings (SSSR count). The quantitative estimate of drug-likeness (QED) is 0.822. The summed E-state index contributed by atoms with van der Waals surface area (Å²) in [6.07, 6.45) is 2.69. The van der Waals surface area contributed by atoms with Gasteiger partial charge in [0.2, 0.25) is 5.91 Å². The summed E-state index contributed by atoms with van der Waals surface area (Å²) < 4.78 is 5.61. The Morgan fingerprint density at radius 2 is 2.19 bits per heavy atom. The fraction of sp³-hybridized carbons (Fsp3) is 0.250. The maximum Gasteiger partial charge on any atom is 0.345 e. The Bertz CT molecular complexity index is 723. The van der Waals surface area contributed by atoms with Crippen LogP contribution in [0.25, 0.3) is 0 Å². The van der Waals surface area contributed by atoms with E-state index in [0.717, 1.165) is 10.8 Å². The maximum absolute atomic E-state index is 12.2. The molecule has 0 atom stereocenters. The summed E-state index contributed by atoms with van der Waals surface area (Å²) in [6.45, 7) is 1.31. The molecule has 0 fully saturated rings. The molecule has 2 aromatic heterocycles. The molecule has 2 heterocycles. The van der Waals surface area contributed by atoms with Gasteiger partial charge in [-0.1, -0.05) is 0 Å². The topological polar surface area (TPSA) is 103 Å². The van der Waals surface area contributed by atoms with Crippen LogP contribution in [0.5, 0.6) is 0 Å². The lowest BCUT2D eigenvalue weighted by Crippen LogP contribution is -2.33. The zero-order valence-electron chi connectivity index (χ0n) is 11.3. The molecule has 9 heteroatoms. The minimum atomic E-state index is -0.790. The lowest BCUT2D eigenvalue weighted by Gasteiger charge is -2.09. The Morgan fingerprint density at radius 1 is 1.43 bits per heavy atom. The summed E-state index contributed by atoms with van der Waals surface area (Å²) >= 11 is 1.26. The number of amides is 1. The van der Waals surface area contributed by atoms with Gasteiger partial charge in [0, 0.05) is 17.8 Å². The highest BCUT2D eigenvalue weighted by Gasteiger charge is 2.17. The molecule has 0 unspecified atom stereocenters. The van der Waals surface area contributed by atoms with E-state index in [1.54, 1.807) is 18.5 Å². The van der Waals surface area contributed by atoms with Gasteiger partial charge in [-0.05, 0) is 6.92 Å². The summed E-state index contributed by atoms with van der Waals surface area (Å²) in [6, 6.07) is 0. The van der Waals surface area contributed by atoms with E-state index in [1.807, 2.05) is 0 Å². The van der Waals surface area contributed by atoms with Crippen molar-refractivity contribution in [3.8, 4) is 0 Å². The Balaban J connectivity index is 2.25. The van der Waals surface area contributed by atoms with Crippen LogP contribution in [0.3, 0.4) is 0 Å². The van der Waals surface area contributed by atoms with E-state index in [9.17, 15) is 14.4 Å². The highest BCUT2D eigenvalue weighted by molar-refractivity contribution is 7.13. The smallest absolute Gasteiger partial charge is 0.345 e. The molecule has 0 aliphatic carbocycles. The largest absolute Gasteiger partial charge is 0.465 e. The highest BCUT2D eigenvalue weighted by Crippen LogP contribution is 2.10. The fourth-order valence-electron chi connectivity index (χ4n) is 1.60. The number of rotatable bonds is 4. The van der Waals surface area contributed by atoms with Gasteiger partial charge < -0.3 is 10.1 Å². The summed E-state index contributed by atoms with van der Waals surface area (Å²) in [5.41, 5.74) is -0.839. The maximum atomic E-state index is 12.2. The van der Waals surface area contributed by atoms with Crippen molar-refractivity contribution in [2.75, 3.05) is 12.4 Å². The Kier molecular flexibility index (Phi) is 4.43. The van der Waals surface area contributed by atoms with Gasteiger partial charge in [0.15, 0.2) is 5.13 Å². The third kappa shape index (κ3) is 3.31. The van der Waals surface area contributed by atoms with Gasteiger partial charge in [0.1, 0.15) is 17.9 Å². The molecule has 0 radical (unpaired) electrons. The van der Waals surface area contributed by atoms with E-state index in [4.69, 9.17) is 0 Å². The van der Waals surface area contributed by atoms with E-state index in [0.29, 0.717) is 11.0 Å². The normalized spacial score (nSPS) is 10.2. The average Bonchev–Trinajstić information content (AvgIpc) is 2.95. The second-order valence-electron chi connectivity index (χ2n) is 3.99. The van der Waals surface area contributed by atoms with Crippen molar-refractivity contribution >= 4 is 28.3 Å². The van der Waals surface area contributed by atoms with E-state index < -0.39 is 17.4 Å². The predicted molar refractivity (Wildman–Crippen MR) is 75.3 cm³/mol. The first kappa shape index (κ1) is 14.9. The molecule has 110 valence electrons. The minimum absolute atomic E-state index is 0.217. The fourth-order valence-corrected chi connectivity index (χ4v) is 2.14. The number of carbonyl (C=O) groups is 2. The number of hydrogen-bond donors (Lipinski definition) is 1. The zero-order valence-corrected chi connectivity index (χ0v) is 12.1. The molecule has 0 bridgehead atoms. The Labute approximate surface area is 123 Å². The van der Waals surface area contributed by atoms with E-state index in [1.165, 1.54) is 18.4 Å². The minimum Gasteiger partial charge on any atom is -0.465 e. The van der Waals surface area contributed by atoms with Gasteiger partial charge in [-0.15, -0.1) is 11.3 Å². The zero-order chi connectivity index (χ0) is 15.4. The third-order valence-electron chi connectivity index (χ3n) is 2.63. The molecule has 0 spiro atoms. The van der Waals surface area contributed by atoms with Crippen molar-refractivity contribution in [1.82, 2.24) is 14.5 Å². The predicted octanol–water partition coefficient (Wildman–Crippen LogP) is 0.434. The van der Waals surface area contributed by atoms with Crippen LogP contribution >= 0.6 is 11.3 Å². The van der Waals surface area contributed by atoms with Crippen molar-refractivity contribution in [1.29, 1.82) is 0 Å². The summed E-state index contributed by atoms with van der Waals surface area (Å²) in [5.74, 6) is -0.900. The number of hydrogen-bond acceptors (Lipinski definition) is 7. The molecule has 2 aromatic rings. The summed E-state index contributed by atoms with van der Waals surface area (Å²) in [4.78, 5) is 43.3. The van der Waals surface area contributed by atoms with Crippen LogP contribution in [-0.4, -0.2) is 33.5 Å². The number of nitrogens with one attached hydrogen (secondary N) is 1. The van der Waals surface area contributed by atoms with E-state index in [-0.39, 0.29) is 12.1 Å². The molecule has 0 aliphatic rings. The summed E-state index contributed by atoms with van der Waals surface area (Å²) in [7, 11) is 1.17. The van der Waals surface area contributed by atoms with Gasteiger partial charge >= 0.3 is 5.97 Å². The molecule has 1 amide bonds. The number of esters is 1. The number of thiazole rings is 1. The van der Waals surface area contributed by atoms with Gasteiger partial charge in [-0.3, -0.25) is 14.2 Å². The van der Waals surface area contributed by atoms with Crippen molar-refractivity contribution in [3.05, 3.63) is 39.5 Å². The van der Waals surface area contributed by atoms with Crippen LogP contribution in [0, 0.1) is 6.92 Å². The van der Waals surface area contributed by atoms with Gasteiger partial charge in [-0.25, -0.2) is 14.8 Å². The number of aryl methyl sites for hydroxylation is 1. The number of aromatic nitrogens is 3. The van der Waals surface area contributed by atoms with Crippen LogP contribution in [0.1, 0.15) is 16.2 Å². The van der Waals surface area contributed by atoms with Crippen LogP contribution < -0.4 is 10.9 Å². The lowest BCUT2D eigenvalue weighted by atomic mass is 10.3. The molecular weight excluding hydrogens is 296 g/mol. The van der Waals surface area contributed by atoms with Crippen molar-refractivity contribution in [2.24, 2.45) is 0 Å². The number of anilines is 1. The first-order valence-corrected chi connectivity index (χ1v) is 6.75. The monoisotopic (exact) mass is 308 g/mol. The van der Waals surface area contributed by atoms with Gasteiger partial charge in [-0.2, -0.15) is 0 Å². The van der Waals surface area contributed by atoms with Crippen LogP contribution in [0.15, 0.2) is 22.6 Å². The number of methoxy groups -OCH3 is 1. The highest BCUT2D eigenvalue weighted by atomic mass is 32.1. The SMILES string of the molecule is COC(=O)c1cnc(C)n(CC(=O)Nc2nccs2)c1=O. The first-order chi connectivity index (χ1) is 10.0. The Morgan fingerprint density at radius 3 is 2.81 bits per heavy atom. The molecule has 0 saturated heterocycles. The average molecular weight is 308 g/mol. The first-order valence-electron chi connectivity index (χ1n) is 5.87. The van der Waals surface area contributed by atoms with E-state index >= 15 is 0 Å². The van der Waals surface area contributed by atoms with Crippen molar-refractivity contribution < 1.29 is 14.3 Å². The second kappa shape index (κ2) is 6.27. The van der Waals surface area contributed by atoms with E-state index in [2.05, 4.69) is 20.0 Å². The van der Waals surface area contributed by atoms with Gasteiger partial charge in [0.05, 0.1) is 7.11 Å². The molecular formula is C12H12N4O4S. The molecule has 1 N–H and O–H groups in total. The standard InChI is InChI=1S/C12H12N4O4S/c1-7-14-5-8(11(19)20-2)10(18)16(7)6-9(17)15-12-13-3-4-21-12/h3-5H,6H2,1-2H3,(H,13,15,17). The van der Waals surface area contributed by atoms with Gasteiger partial charge in [0.25, 0.3) is 5.56 Å². The third-order valence-corrected chi connectivity index (χ3v) is 3.32. The number of carbonyl (C=O) groups excluding carboxylic acids is 2. The van der Waals surface area contributed by atoms with Crippen LogP contribution in [-0.2, 0) is 16.1 Å². The molecule has 21 heavy (non-hydrogen) atoms. The van der Waals surface area contributed by atoms with Crippen LogP contribution in [0.2, 0.25) is 0 Å². The number of nitrogens with zero attached hydrogens (tertiary/aromatic N) is 3. The molecule has 0 aromatic carbocycles. The van der Waals surface area contributed by atoms with Crippen LogP contribution in [0.4, 0.5) is 5.13 Å². The second-order valence-corrected chi connectivity index (χ2v) is 4.88. The van der Waals surface area contributed by atoms with Crippen molar-refractivity contribution in [2.45, 2.75) is 13.5 Å². The molecule has 0 saturated carbocycles. The number of ether oxygens (including phenoxy) is 1. The molecule has 8 nitrogen and oxygen atoms in total. The lowest BCUT2D eigenvalue weighted by molar-refractivity contribution is -0.116. The summed E-state index contributed by atoms with van der Waals surface area (Å²) in [5, 5.41) is 4.70. The molecule has 0 aliphatic heterocycles. The Hall–Kier alpha value is -2.55.